The average Bonchev–Trinajstić information content (AvgIpc) is 2.58. The van der Waals surface area contributed by atoms with Gasteiger partial charge in [-0.15, -0.1) is 0 Å². The van der Waals surface area contributed by atoms with Gasteiger partial charge in [-0.2, -0.15) is 0 Å². The van der Waals surface area contributed by atoms with Gasteiger partial charge < -0.3 is 11.5 Å². The van der Waals surface area contributed by atoms with Crippen LogP contribution in [-0.4, -0.2) is 4.57 Å². The summed E-state index contributed by atoms with van der Waals surface area (Å²) in [5.41, 5.74) is 13.8. The number of nitrogen functional groups attached to an aromatic ring is 2. The maximum absolute atomic E-state index is 5.74. The second kappa shape index (κ2) is 3.65. The van der Waals surface area contributed by atoms with Crippen LogP contribution in [0.3, 0.4) is 0 Å². The van der Waals surface area contributed by atoms with Crippen molar-refractivity contribution in [2.45, 2.75) is 6.54 Å². The Morgan fingerprint density at radius 1 is 1.27 bits per heavy atom. The molecule has 4 N–H and O–H groups in total. The second-order valence-corrected chi connectivity index (χ2v) is 3.71. The first-order valence-corrected chi connectivity index (χ1v) is 4.80. The van der Waals surface area contributed by atoms with Crippen LogP contribution in [0, 0.1) is 0 Å². The van der Waals surface area contributed by atoms with Crippen LogP contribution in [-0.2, 0) is 13.6 Å². The number of anilines is 2. The molecule has 0 aliphatic heterocycles. The zero-order chi connectivity index (χ0) is 10.8. The zero-order valence-electron chi connectivity index (χ0n) is 8.72. The lowest BCUT2D eigenvalue weighted by Gasteiger charge is -2.02. The fourth-order valence-electron chi connectivity index (χ4n) is 1.53. The maximum atomic E-state index is 5.74. The molecule has 15 heavy (non-hydrogen) atoms. The zero-order valence-corrected chi connectivity index (χ0v) is 8.72. The fraction of sp³-hybridized carbons (Fsp3) is 0.182. The van der Waals surface area contributed by atoms with E-state index >= 15 is 0 Å². The molecule has 4 heteroatoms. The highest BCUT2D eigenvalue weighted by Crippen LogP contribution is 2.16. The van der Waals surface area contributed by atoms with Crippen molar-refractivity contribution in [1.82, 2.24) is 4.57 Å². The molecule has 0 atom stereocenters. The van der Waals surface area contributed by atoms with Gasteiger partial charge in [0, 0.05) is 0 Å². The van der Waals surface area contributed by atoms with Gasteiger partial charge in [0.15, 0.2) is 0 Å². The first kappa shape index (κ1) is 9.58. The Morgan fingerprint density at radius 3 is 2.67 bits per heavy atom. The van der Waals surface area contributed by atoms with Gasteiger partial charge in [-0.05, 0) is 17.7 Å². The van der Waals surface area contributed by atoms with Gasteiger partial charge >= 0.3 is 0 Å². The van der Waals surface area contributed by atoms with E-state index in [0.29, 0.717) is 11.4 Å². The second-order valence-electron chi connectivity index (χ2n) is 3.71. The number of benzene rings is 1. The summed E-state index contributed by atoms with van der Waals surface area (Å²) < 4.78 is 4.09. The Hall–Kier alpha value is -1.97. The number of nitrogens with two attached hydrogens (primary N) is 2. The van der Waals surface area contributed by atoms with Gasteiger partial charge in [0.25, 0.3) is 0 Å². The quantitative estimate of drug-likeness (QED) is 0.552. The Bertz CT molecular complexity index is 473. The Labute approximate surface area is 88.7 Å². The third kappa shape index (κ3) is 2.10. The van der Waals surface area contributed by atoms with Crippen LogP contribution in [0.2, 0.25) is 0 Å². The molecule has 0 saturated carbocycles. The number of nitrogens with zero attached hydrogens (tertiary/aromatic N) is 2. The van der Waals surface area contributed by atoms with Crippen molar-refractivity contribution in [3.63, 3.8) is 0 Å². The highest BCUT2D eigenvalue weighted by molar-refractivity contribution is 5.63. The van der Waals surface area contributed by atoms with Crippen LogP contribution < -0.4 is 16.0 Å². The lowest BCUT2D eigenvalue weighted by atomic mass is 10.2. The molecule has 0 radical (unpaired) electrons. The number of aromatic nitrogens is 2. The van der Waals surface area contributed by atoms with Gasteiger partial charge in [-0.3, -0.25) is 0 Å². The molecule has 0 unspecified atom stereocenters. The average molecular weight is 203 g/mol. The summed E-state index contributed by atoms with van der Waals surface area (Å²) in [4.78, 5) is 0. The smallest absolute Gasteiger partial charge is 0.243 e. The molecule has 78 valence electrons. The van der Waals surface area contributed by atoms with E-state index in [2.05, 4.69) is 4.57 Å². The summed E-state index contributed by atoms with van der Waals surface area (Å²) in [6, 6.07) is 5.75. The molecule has 0 bridgehead atoms. The van der Waals surface area contributed by atoms with Gasteiger partial charge in [0.05, 0.1) is 18.4 Å². The monoisotopic (exact) mass is 203 g/mol. The summed E-state index contributed by atoms with van der Waals surface area (Å²) in [6.45, 7) is 0.811. The molecular formula is C11H15N4+. The SMILES string of the molecule is C[n+]1ccn(Cc2ccc(N)c(N)c2)c1. The van der Waals surface area contributed by atoms with Crippen molar-refractivity contribution in [3.05, 3.63) is 42.5 Å². The Morgan fingerprint density at radius 2 is 2.07 bits per heavy atom. The number of rotatable bonds is 2. The normalized spacial score (nSPS) is 10.5. The highest BCUT2D eigenvalue weighted by atomic mass is 15.1. The summed E-state index contributed by atoms with van der Waals surface area (Å²) in [7, 11) is 1.99. The Balaban J connectivity index is 2.21. The molecule has 4 nitrogen and oxygen atoms in total. The topological polar surface area (TPSA) is 60.8 Å². The van der Waals surface area contributed by atoms with E-state index in [0.717, 1.165) is 12.1 Å². The standard InChI is InChI=1S/C11H15N4/c1-14-4-5-15(8-14)7-9-2-3-10(12)11(13)6-9/h2-6,8H,7,12-13H2,1H3/q+1. The van der Waals surface area contributed by atoms with Gasteiger partial charge in [0.1, 0.15) is 18.9 Å². The number of imidazole rings is 1. The molecule has 0 fully saturated rings. The molecule has 0 aliphatic carbocycles. The third-order valence-electron chi connectivity index (χ3n) is 2.34. The molecular weight excluding hydrogens is 188 g/mol. The van der Waals surface area contributed by atoms with Crippen molar-refractivity contribution in [3.8, 4) is 0 Å². The minimum absolute atomic E-state index is 0.636. The van der Waals surface area contributed by atoms with E-state index in [1.165, 1.54) is 0 Å². The fourth-order valence-corrected chi connectivity index (χ4v) is 1.53. The lowest BCUT2D eigenvalue weighted by Crippen LogP contribution is -2.23. The number of hydrogen-bond acceptors (Lipinski definition) is 2. The van der Waals surface area contributed by atoms with Gasteiger partial charge in [0.2, 0.25) is 6.33 Å². The predicted molar refractivity (Wildman–Crippen MR) is 60.0 cm³/mol. The van der Waals surface area contributed by atoms with Gasteiger partial charge in [-0.1, -0.05) is 6.07 Å². The summed E-state index contributed by atoms with van der Waals surface area (Å²) >= 11 is 0. The van der Waals surface area contributed by atoms with Crippen LogP contribution in [0.15, 0.2) is 36.9 Å². The molecule has 1 heterocycles. The van der Waals surface area contributed by atoms with Crippen LogP contribution >= 0.6 is 0 Å². The summed E-state index contributed by atoms with van der Waals surface area (Å²) in [6.07, 6.45) is 6.04. The molecule has 0 spiro atoms. The molecule has 2 rings (SSSR count). The van der Waals surface area contributed by atoms with Crippen molar-refractivity contribution in [1.29, 1.82) is 0 Å². The summed E-state index contributed by atoms with van der Waals surface area (Å²) in [5.74, 6) is 0. The first-order chi connectivity index (χ1) is 7.15. The van der Waals surface area contributed by atoms with E-state index in [4.69, 9.17) is 11.5 Å². The molecule has 1 aromatic heterocycles. The number of aryl methyl sites for hydroxylation is 1. The summed E-state index contributed by atoms with van der Waals surface area (Å²) in [5, 5.41) is 0. The van der Waals surface area contributed by atoms with Crippen molar-refractivity contribution in [2.75, 3.05) is 11.5 Å². The van der Waals surface area contributed by atoms with E-state index in [1.807, 2.05) is 48.5 Å². The predicted octanol–water partition coefficient (Wildman–Crippen LogP) is 0.525. The molecule has 0 aliphatic rings. The van der Waals surface area contributed by atoms with Crippen molar-refractivity contribution < 1.29 is 4.57 Å². The minimum Gasteiger partial charge on any atom is -0.397 e. The number of hydrogen-bond donors (Lipinski definition) is 2. The van der Waals surface area contributed by atoms with E-state index in [1.54, 1.807) is 0 Å². The third-order valence-corrected chi connectivity index (χ3v) is 2.34. The van der Waals surface area contributed by atoms with E-state index in [-0.39, 0.29) is 0 Å². The van der Waals surface area contributed by atoms with Crippen molar-refractivity contribution >= 4 is 11.4 Å². The van der Waals surface area contributed by atoms with Crippen molar-refractivity contribution in [2.24, 2.45) is 7.05 Å². The molecule has 0 amide bonds. The molecule has 2 aromatic rings. The van der Waals surface area contributed by atoms with Gasteiger partial charge in [-0.25, -0.2) is 9.13 Å². The molecule has 1 aromatic carbocycles. The maximum Gasteiger partial charge on any atom is 0.243 e. The minimum atomic E-state index is 0.636. The lowest BCUT2D eigenvalue weighted by molar-refractivity contribution is -0.671. The Kier molecular flexibility index (Phi) is 2.33. The largest absolute Gasteiger partial charge is 0.397 e. The van der Waals surface area contributed by atoms with Crippen LogP contribution in [0.4, 0.5) is 11.4 Å². The first-order valence-electron chi connectivity index (χ1n) is 4.80. The van der Waals surface area contributed by atoms with Crippen LogP contribution in [0.25, 0.3) is 0 Å². The highest BCUT2D eigenvalue weighted by Gasteiger charge is 2.03. The van der Waals surface area contributed by atoms with E-state index < -0.39 is 0 Å². The van der Waals surface area contributed by atoms with E-state index in [9.17, 15) is 0 Å². The molecule has 0 saturated heterocycles. The van der Waals surface area contributed by atoms with Crippen LogP contribution in [0.1, 0.15) is 5.56 Å². The van der Waals surface area contributed by atoms with Crippen LogP contribution in [0.5, 0.6) is 0 Å².